The minimum atomic E-state index is -0.294. The van der Waals surface area contributed by atoms with Crippen molar-refractivity contribution in [1.82, 2.24) is 20.0 Å². The summed E-state index contributed by atoms with van der Waals surface area (Å²) in [4.78, 5) is 15.5. The molecular formula is C23H33FN4O2. The Kier molecular flexibility index (Phi) is 7.99. The highest BCUT2D eigenvalue weighted by molar-refractivity contribution is 5.95. The second kappa shape index (κ2) is 10.7. The Morgan fingerprint density at radius 3 is 2.43 bits per heavy atom. The third kappa shape index (κ3) is 5.08. The lowest BCUT2D eigenvalue weighted by Gasteiger charge is -2.38. The minimum Gasteiger partial charge on any atom is -0.379 e. The summed E-state index contributed by atoms with van der Waals surface area (Å²) < 4.78 is 20.5. The van der Waals surface area contributed by atoms with Crippen molar-refractivity contribution in [3.05, 3.63) is 47.5 Å². The Balaban J connectivity index is 1.74. The van der Waals surface area contributed by atoms with E-state index in [-0.39, 0.29) is 11.7 Å². The molecule has 0 radical (unpaired) electrons. The molecule has 0 spiro atoms. The van der Waals surface area contributed by atoms with Crippen LogP contribution in [0.3, 0.4) is 0 Å². The Morgan fingerprint density at radius 1 is 1.17 bits per heavy atom. The molecule has 1 aliphatic heterocycles. The van der Waals surface area contributed by atoms with E-state index in [9.17, 15) is 9.18 Å². The molecule has 1 fully saturated rings. The summed E-state index contributed by atoms with van der Waals surface area (Å²) >= 11 is 0. The molecule has 30 heavy (non-hydrogen) atoms. The van der Waals surface area contributed by atoms with Crippen LogP contribution in [0, 0.1) is 11.7 Å². The second-order valence-corrected chi connectivity index (χ2v) is 7.75. The zero-order valence-corrected chi connectivity index (χ0v) is 18.2. The van der Waals surface area contributed by atoms with Crippen LogP contribution in [0.25, 0.3) is 5.69 Å². The highest BCUT2D eigenvalue weighted by Gasteiger charge is 2.28. The van der Waals surface area contributed by atoms with Crippen molar-refractivity contribution in [3.8, 4) is 5.69 Å². The number of carbonyl (C=O) groups is 1. The summed E-state index contributed by atoms with van der Waals surface area (Å²) in [7, 11) is 0. The number of nitrogens with one attached hydrogen (secondary N) is 1. The number of hydrogen-bond acceptors (Lipinski definition) is 4. The van der Waals surface area contributed by atoms with Gasteiger partial charge in [0.05, 0.1) is 36.4 Å². The van der Waals surface area contributed by atoms with E-state index in [1.54, 1.807) is 23.0 Å². The van der Waals surface area contributed by atoms with Crippen molar-refractivity contribution < 1.29 is 13.9 Å². The lowest BCUT2D eigenvalue weighted by Crippen LogP contribution is -2.52. The zero-order valence-electron chi connectivity index (χ0n) is 18.2. The van der Waals surface area contributed by atoms with E-state index in [4.69, 9.17) is 4.74 Å². The van der Waals surface area contributed by atoms with Crippen LogP contribution in [0.2, 0.25) is 0 Å². The van der Waals surface area contributed by atoms with Crippen molar-refractivity contribution in [2.45, 2.75) is 46.1 Å². The number of halogens is 1. The van der Waals surface area contributed by atoms with Crippen LogP contribution < -0.4 is 5.32 Å². The first-order chi connectivity index (χ1) is 14.6. The van der Waals surface area contributed by atoms with E-state index in [2.05, 4.69) is 29.2 Å². The van der Waals surface area contributed by atoms with Crippen LogP contribution in [-0.2, 0) is 11.2 Å². The van der Waals surface area contributed by atoms with Crippen LogP contribution in [0.15, 0.2) is 30.5 Å². The molecular weight excluding hydrogens is 383 g/mol. The molecule has 0 aliphatic carbocycles. The zero-order chi connectivity index (χ0) is 21.5. The van der Waals surface area contributed by atoms with Crippen molar-refractivity contribution in [2.75, 3.05) is 32.8 Å². The van der Waals surface area contributed by atoms with E-state index in [1.807, 2.05) is 6.92 Å². The SMILES string of the molecule is CCc1c(C(=O)NCC(C(CC)CC)N2CCOCC2)cnn1-c1ccc(F)cc1. The van der Waals surface area contributed by atoms with Gasteiger partial charge in [-0.1, -0.05) is 33.6 Å². The smallest absolute Gasteiger partial charge is 0.254 e. The van der Waals surface area contributed by atoms with Crippen LogP contribution in [0.5, 0.6) is 0 Å². The summed E-state index contributed by atoms with van der Waals surface area (Å²) in [6.45, 7) is 10.3. The Hall–Kier alpha value is -2.25. The molecule has 1 aromatic heterocycles. The average molecular weight is 417 g/mol. The fourth-order valence-corrected chi connectivity index (χ4v) is 4.34. The molecule has 164 valence electrons. The van der Waals surface area contributed by atoms with Crippen LogP contribution >= 0.6 is 0 Å². The lowest BCUT2D eigenvalue weighted by molar-refractivity contribution is 0.00191. The van der Waals surface area contributed by atoms with Gasteiger partial charge in [0.1, 0.15) is 5.82 Å². The van der Waals surface area contributed by atoms with Gasteiger partial charge in [-0.15, -0.1) is 0 Å². The van der Waals surface area contributed by atoms with E-state index >= 15 is 0 Å². The number of nitrogens with zero attached hydrogens (tertiary/aromatic N) is 3. The van der Waals surface area contributed by atoms with Gasteiger partial charge in [0, 0.05) is 25.7 Å². The third-order valence-electron chi connectivity index (χ3n) is 6.10. The molecule has 7 heteroatoms. The van der Waals surface area contributed by atoms with Gasteiger partial charge in [0.15, 0.2) is 0 Å². The summed E-state index contributed by atoms with van der Waals surface area (Å²) in [6, 6.07) is 6.44. The Morgan fingerprint density at radius 2 is 1.83 bits per heavy atom. The van der Waals surface area contributed by atoms with Gasteiger partial charge < -0.3 is 10.1 Å². The predicted octanol–water partition coefficient (Wildman–Crippen LogP) is 3.44. The topological polar surface area (TPSA) is 59.4 Å². The molecule has 2 heterocycles. The number of rotatable bonds is 9. The van der Waals surface area contributed by atoms with Crippen LogP contribution in [0.4, 0.5) is 4.39 Å². The summed E-state index contributed by atoms with van der Waals surface area (Å²) in [5, 5.41) is 7.56. The fraction of sp³-hybridized carbons (Fsp3) is 0.565. The number of aromatic nitrogens is 2. The van der Waals surface area contributed by atoms with Crippen molar-refractivity contribution in [3.63, 3.8) is 0 Å². The normalized spacial score (nSPS) is 16.0. The molecule has 6 nitrogen and oxygen atoms in total. The summed E-state index contributed by atoms with van der Waals surface area (Å²) in [6.07, 6.45) is 4.42. The van der Waals surface area contributed by atoms with Gasteiger partial charge in [-0.25, -0.2) is 9.07 Å². The van der Waals surface area contributed by atoms with E-state index in [0.717, 1.165) is 50.5 Å². The van der Waals surface area contributed by atoms with Gasteiger partial charge >= 0.3 is 0 Å². The highest BCUT2D eigenvalue weighted by Crippen LogP contribution is 2.21. The van der Waals surface area contributed by atoms with Crippen molar-refractivity contribution in [2.24, 2.45) is 5.92 Å². The third-order valence-corrected chi connectivity index (χ3v) is 6.10. The molecule has 1 aromatic carbocycles. The molecule has 1 amide bonds. The maximum atomic E-state index is 13.3. The molecule has 3 rings (SSSR count). The van der Waals surface area contributed by atoms with Gasteiger partial charge in [0.2, 0.25) is 0 Å². The predicted molar refractivity (Wildman–Crippen MR) is 115 cm³/mol. The average Bonchev–Trinajstić information content (AvgIpc) is 3.21. The minimum absolute atomic E-state index is 0.107. The first kappa shape index (κ1) is 22.4. The molecule has 1 unspecified atom stereocenters. The molecule has 0 bridgehead atoms. The number of morpholine rings is 1. The molecule has 1 saturated heterocycles. The summed E-state index contributed by atoms with van der Waals surface area (Å²) in [5.74, 6) is 0.123. The van der Waals surface area contributed by atoms with Crippen molar-refractivity contribution >= 4 is 5.91 Å². The quantitative estimate of drug-likeness (QED) is 0.680. The second-order valence-electron chi connectivity index (χ2n) is 7.75. The first-order valence-corrected chi connectivity index (χ1v) is 11.0. The number of ether oxygens (including phenoxy) is 1. The highest BCUT2D eigenvalue weighted by atomic mass is 19.1. The van der Waals surface area contributed by atoms with Gasteiger partial charge in [0.25, 0.3) is 5.91 Å². The van der Waals surface area contributed by atoms with Gasteiger partial charge in [-0.05, 0) is 36.6 Å². The molecule has 0 saturated carbocycles. The van der Waals surface area contributed by atoms with Crippen molar-refractivity contribution in [1.29, 1.82) is 0 Å². The van der Waals surface area contributed by atoms with Crippen LogP contribution in [0.1, 0.15) is 49.7 Å². The van der Waals surface area contributed by atoms with E-state index in [0.29, 0.717) is 30.5 Å². The van der Waals surface area contributed by atoms with Crippen LogP contribution in [-0.4, -0.2) is 59.5 Å². The number of benzene rings is 1. The fourth-order valence-electron chi connectivity index (χ4n) is 4.34. The van der Waals surface area contributed by atoms with Gasteiger partial charge in [-0.3, -0.25) is 9.69 Å². The lowest BCUT2D eigenvalue weighted by atomic mass is 9.92. The first-order valence-electron chi connectivity index (χ1n) is 11.0. The number of amides is 1. The number of hydrogen-bond donors (Lipinski definition) is 1. The van der Waals surface area contributed by atoms with Gasteiger partial charge in [-0.2, -0.15) is 5.10 Å². The molecule has 1 N–H and O–H groups in total. The maximum absolute atomic E-state index is 13.3. The summed E-state index contributed by atoms with van der Waals surface area (Å²) in [5.41, 5.74) is 2.15. The molecule has 2 aromatic rings. The largest absolute Gasteiger partial charge is 0.379 e. The Labute approximate surface area is 178 Å². The molecule has 1 aliphatic rings. The maximum Gasteiger partial charge on any atom is 0.254 e. The number of carbonyl (C=O) groups excluding carboxylic acids is 1. The van der Waals surface area contributed by atoms with E-state index in [1.165, 1.54) is 12.1 Å². The monoisotopic (exact) mass is 416 g/mol. The Bertz CT molecular complexity index is 811. The standard InChI is InChI=1S/C23H33FN4O2/c1-4-17(5-2)22(27-11-13-30-14-12-27)16-25-23(29)20-15-26-28(21(20)6-3)19-9-7-18(24)8-10-19/h7-10,15,17,22H,4-6,11-14,16H2,1-3H3,(H,25,29). The molecule has 1 atom stereocenters. The van der Waals surface area contributed by atoms with E-state index < -0.39 is 0 Å².